The number of thiazole rings is 1. The van der Waals surface area contributed by atoms with E-state index >= 15 is 0 Å². The molecule has 2 aromatic rings. The predicted octanol–water partition coefficient (Wildman–Crippen LogP) is 3.78. The molecule has 3 rings (SSSR count). The van der Waals surface area contributed by atoms with Crippen molar-refractivity contribution in [2.45, 2.75) is 45.2 Å². The standard InChI is InChI=1S/C14H18N2OS/c1-9(2)13-12(8-15-10-5-6-10)18-14(16-13)11-4-3-7-17-11/h3-4,7,9-10,15H,5-6,8H2,1-2H3. The number of nitrogens with zero attached hydrogens (tertiary/aromatic N) is 1. The molecule has 0 amide bonds. The number of furan rings is 1. The normalized spacial score (nSPS) is 15.5. The Balaban J connectivity index is 1.85. The number of rotatable bonds is 5. The van der Waals surface area contributed by atoms with Crippen LogP contribution in [0, 0.1) is 0 Å². The highest BCUT2D eigenvalue weighted by atomic mass is 32.1. The van der Waals surface area contributed by atoms with Crippen LogP contribution in [-0.2, 0) is 6.54 Å². The Labute approximate surface area is 111 Å². The monoisotopic (exact) mass is 262 g/mol. The average Bonchev–Trinajstić information content (AvgIpc) is 2.87. The Kier molecular flexibility index (Phi) is 3.22. The van der Waals surface area contributed by atoms with Gasteiger partial charge in [0.25, 0.3) is 0 Å². The highest BCUT2D eigenvalue weighted by Crippen LogP contribution is 2.32. The van der Waals surface area contributed by atoms with Gasteiger partial charge < -0.3 is 9.73 Å². The SMILES string of the molecule is CC(C)c1nc(-c2ccco2)sc1CNC1CC1. The number of hydrogen-bond donors (Lipinski definition) is 1. The Hall–Kier alpha value is -1.13. The molecule has 18 heavy (non-hydrogen) atoms. The molecular formula is C14H18N2OS. The van der Waals surface area contributed by atoms with Crippen molar-refractivity contribution >= 4 is 11.3 Å². The third kappa shape index (κ3) is 2.49. The Morgan fingerprint density at radius 3 is 2.94 bits per heavy atom. The second-order valence-corrected chi connectivity index (χ2v) is 6.20. The Morgan fingerprint density at radius 2 is 2.33 bits per heavy atom. The van der Waals surface area contributed by atoms with Crippen LogP contribution in [0.25, 0.3) is 10.8 Å². The van der Waals surface area contributed by atoms with Crippen molar-refractivity contribution in [2.75, 3.05) is 0 Å². The van der Waals surface area contributed by atoms with Crippen LogP contribution >= 0.6 is 11.3 Å². The van der Waals surface area contributed by atoms with E-state index in [4.69, 9.17) is 9.40 Å². The van der Waals surface area contributed by atoms with Gasteiger partial charge in [0.1, 0.15) is 0 Å². The molecule has 0 unspecified atom stereocenters. The van der Waals surface area contributed by atoms with Gasteiger partial charge in [-0.1, -0.05) is 13.8 Å². The summed E-state index contributed by atoms with van der Waals surface area (Å²) >= 11 is 1.75. The summed E-state index contributed by atoms with van der Waals surface area (Å²) in [6, 6.07) is 4.62. The smallest absolute Gasteiger partial charge is 0.162 e. The molecule has 1 N–H and O–H groups in total. The quantitative estimate of drug-likeness (QED) is 0.891. The van der Waals surface area contributed by atoms with Crippen LogP contribution in [0.3, 0.4) is 0 Å². The molecule has 4 heteroatoms. The fraction of sp³-hybridized carbons (Fsp3) is 0.500. The van der Waals surface area contributed by atoms with Gasteiger partial charge in [-0.05, 0) is 30.9 Å². The fourth-order valence-electron chi connectivity index (χ4n) is 1.97. The van der Waals surface area contributed by atoms with Crippen LogP contribution in [-0.4, -0.2) is 11.0 Å². The lowest BCUT2D eigenvalue weighted by molar-refractivity contribution is 0.581. The van der Waals surface area contributed by atoms with Gasteiger partial charge in [0.05, 0.1) is 12.0 Å². The van der Waals surface area contributed by atoms with E-state index in [1.807, 2.05) is 12.1 Å². The van der Waals surface area contributed by atoms with Gasteiger partial charge in [-0.25, -0.2) is 4.98 Å². The minimum absolute atomic E-state index is 0.459. The van der Waals surface area contributed by atoms with E-state index < -0.39 is 0 Å². The van der Waals surface area contributed by atoms with E-state index in [2.05, 4.69) is 19.2 Å². The van der Waals surface area contributed by atoms with Crippen LogP contribution in [0.1, 0.15) is 43.2 Å². The molecule has 0 radical (unpaired) electrons. The van der Waals surface area contributed by atoms with Gasteiger partial charge in [-0.15, -0.1) is 11.3 Å². The maximum absolute atomic E-state index is 5.43. The first-order chi connectivity index (χ1) is 8.74. The Morgan fingerprint density at radius 1 is 1.50 bits per heavy atom. The van der Waals surface area contributed by atoms with Crippen LogP contribution in [0.15, 0.2) is 22.8 Å². The van der Waals surface area contributed by atoms with Crippen molar-refractivity contribution in [1.82, 2.24) is 10.3 Å². The molecule has 0 atom stereocenters. The van der Waals surface area contributed by atoms with Crippen molar-refractivity contribution in [3.63, 3.8) is 0 Å². The van der Waals surface area contributed by atoms with Crippen LogP contribution in [0.4, 0.5) is 0 Å². The summed E-state index contributed by atoms with van der Waals surface area (Å²) < 4.78 is 5.43. The number of nitrogens with one attached hydrogen (secondary N) is 1. The predicted molar refractivity (Wildman–Crippen MR) is 73.8 cm³/mol. The van der Waals surface area contributed by atoms with E-state index in [9.17, 15) is 0 Å². The van der Waals surface area contributed by atoms with E-state index in [0.29, 0.717) is 5.92 Å². The van der Waals surface area contributed by atoms with Crippen LogP contribution < -0.4 is 5.32 Å². The van der Waals surface area contributed by atoms with Crippen LogP contribution in [0.2, 0.25) is 0 Å². The zero-order valence-corrected chi connectivity index (χ0v) is 11.6. The van der Waals surface area contributed by atoms with Gasteiger partial charge in [0.15, 0.2) is 10.8 Å². The molecule has 0 spiro atoms. The van der Waals surface area contributed by atoms with Gasteiger partial charge in [-0.3, -0.25) is 0 Å². The van der Waals surface area contributed by atoms with Crippen LogP contribution in [0.5, 0.6) is 0 Å². The first-order valence-electron chi connectivity index (χ1n) is 6.51. The van der Waals surface area contributed by atoms with Gasteiger partial charge >= 0.3 is 0 Å². The lowest BCUT2D eigenvalue weighted by Gasteiger charge is -2.05. The van der Waals surface area contributed by atoms with Gasteiger partial charge in [0, 0.05) is 17.5 Å². The molecule has 1 aliphatic rings. The van der Waals surface area contributed by atoms with E-state index in [1.54, 1.807) is 17.6 Å². The Bertz CT molecular complexity index is 512. The molecule has 2 aromatic heterocycles. The largest absolute Gasteiger partial charge is 0.462 e. The lowest BCUT2D eigenvalue weighted by atomic mass is 10.1. The van der Waals surface area contributed by atoms with E-state index in [1.165, 1.54) is 23.4 Å². The third-order valence-electron chi connectivity index (χ3n) is 3.14. The summed E-state index contributed by atoms with van der Waals surface area (Å²) in [6.45, 7) is 5.33. The summed E-state index contributed by atoms with van der Waals surface area (Å²) in [5, 5.41) is 4.56. The molecule has 0 aromatic carbocycles. The molecule has 0 bridgehead atoms. The summed E-state index contributed by atoms with van der Waals surface area (Å²) in [5.41, 5.74) is 1.21. The highest BCUT2D eigenvalue weighted by Gasteiger charge is 2.22. The average molecular weight is 262 g/mol. The van der Waals surface area contributed by atoms with Crippen molar-refractivity contribution in [3.8, 4) is 10.8 Å². The summed E-state index contributed by atoms with van der Waals surface area (Å²) in [7, 11) is 0. The zero-order chi connectivity index (χ0) is 12.5. The van der Waals surface area contributed by atoms with Gasteiger partial charge in [-0.2, -0.15) is 0 Å². The van der Waals surface area contributed by atoms with E-state index in [0.717, 1.165) is 23.4 Å². The number of hydrogen-bond acceptors (Lipinski definition) is 4. The molecule has 96 valence electrons. The maximum atomic E-state index is 5.43. The topological polar surface area (TPSA) is 38.1 Å². The molecule has 1 fully saturated rings. The molecular weight excluding hydrogens is 244 g/mol. The highest BCUT2D eigenvalue weighted by molar-refractivity contribution is 7.15. The molecule has 1 saturated carbocycles. The van der Waals surface area contributed by atoms with Crippen molar-refractivity contribution < 1.29 is 4.42 Å². The molecule has 1 aliphatic carbocycles. The second kappa shape index (κ2) is 4.86. The molecule has 0 aliphatic heterocycles. The van der Waals surface area contributed by atoms with Crippen molar-refractivity contribution in [2.24, 2.45) is 0 Å². The minimum atomic E-state index is 0.459. The lowest BCUT2D eigenvalue weighted by Crippen LogP contribution is -2.15. The van der Waals surface area contributed by atoms with E-state index in [-0.39, 0.29) is 0 Å². The third-order valence-corrected chi connectivity index (χ3v) is 4.22. The van der Waals surface area contributed by atoms with Crippen molar-refractivity contribution in [3.05, 3.63) is 29.0 Å². The van der Waals surface area contributed by atoms with Crippen molar-refractivity contribution in [1.29, 1.82) is 0 Å². The second-order valence-electron chi connectivity index (χ2n) is 5.11. The summed E-state index contributed by atoms with van der Waals surface area (Å²) in [5.74, 6) is 1.33. The minimum Gasteiger partial charge on any atom is -0.462 e. The molecule has 0 saturated heterocycles. The number of aromatic nitrogens is 1. The first kappa shape index (κ1) is 11.9. The fourth-order valence-corrected chi connectivity index (χ4v) is 3.11. The zero-order valence-electron chi connectivity index (χ0n) is 10.8. The summed E-state index contributed by atoms with van der Waals surface area (Å²) in [6.07, 6.45) is 4.34. The first-order valence-corrected chi connectivity index (χ1v) is 7.32. The van der Waals surface area contributed by atoms with Gasteiger partial charge in [0.2, 0.25) is 0 Å². The molecule has 2 heterocycles. The summed E-state index contributed by atoms with van der Waals surface area (Å²) in [4.78, 5) is 6.09. The molecule has 3 nitrogen and oxygen atoms in total. The maximum Gasteiger partial charge on any atom is 0.162 e.